The minimum atomic E-state index is -0.745. The summed E-state index contributed by atoms with van der Waals surface area (Å²) in [5, 5.41) is 0. The number of aliphatic imine (C=N–C) groups is 1. The molecular weight excluding hydrogens is 434 g/mol. The van der Waals surface area contributed by atoms with E-state index in [2.05, 4.69) is 0 Å². The lowest BCUT2D eigenvalue weighted by Crippen LogP contribution is -2.37. The Morgan fingerprint density at radius 2 is 1.71 bits per heavy atom. The standard InChI is InChI=1S/C27H27NO6/c1-15-24(27(31)33-4)25(18-10-11-22(34-16(2)29)23(14-18)32-3)26-20(28-15)12-19(13-21(26)30)17-8-6-5-7-9-17/h5-11,14,19,24-25H,12-13H2,1-4H3/t19-,24?,25-/m0/s1. The zero-order valence-electron chi connectivity index (χ0n) is 19.7. The van der Waals surface area contributed by atoms with E-state index in [-0.39, 0.29) is 17.5 Å². The normalized spacial score (nSPS) is 21.9. The van der Waals surface area contributed by atoms with Crippen molar-refractivity contribution in [3.8, 4) is 11.5 Å². The van der Waals surface area contributed by atoms with Crippen molar-refractivity contribution in [1.29, 1.82) is 0 Å². The van der Waals surface area contributed by atoms with Crippen LogP contribution in [0.4, 0.5) is 0 Å². The van der Waals surface area contributed by atoms with Gasteiger partial charge >= 0.3 is 11.9 Å². The number of hydrogen-bond donors (Lipinski definition) is 0. The van der Waals surface area contributed by atoms with Crippen LogP contribution in [0.1, 0.15) is 49.7 Å². The Labute approximate surface area is 198 Å². The van der Waals surface area contributed by atoms with E-state index in [1.807, 2.05) is 30.3 Å². The SMILES string of the molecule is COC(=O)C1C(C)=NC2=C(C(=O)C[C@@H](c3ccccc3)C2)[C@H]1c1ccc(OC(C)=O)c(OC)c1. The number of allylic oxidation sites excluding steroid dienone is 2. The molecule has 2 aromatic carbocycles. The molecule has 2 aromatic rings. The van der Waals surface area contributed by atoms with Gasteiger partial charge in [-0.05, 0) is 42.5 Å². The first-order valence-electron chi connectivity index (χ1n) is 11.1. The zero-order chi connectivity index (χ0) is 24.4. The number of hydrogen-bond acceptors (Lipinski definition) is 7. The Morgan fingerprint density at radius 1 is 0.971 bits per heavy atom. The van der Waals surface area contributed by atoms with Gasteiger partial charge in [-0.25, -0.2) is 0 Å². The summed E-state index contributed by atoms with van der Waals surface area (Å²) in [6.45, 7) is 3.10. The van der Waals surface area contributed by atoms with Crippen LogP contribution in [0.2, 0.25) is 0 Å². The van der Waals surface area contributed by atoms with Crippen LogP contribution in [0.3, 0.4) is 0 Å². The first-order chi connectivity index (χ1) is 16.3. The number of rotatable bonds is 5. The Kier molecular flexibility index (Phi) is 6.63. The largest absolute Gasteiger partial charge is 0.493 e. The molecule has 0 saturated carbocycles. The second kappa shape index (κ2) is 9.63. The van der Waals surface area contributed by atoms with Gasteiger partial charge in [0.2, 0.25) is 0 Å². The predicted octanol–water partition coefficient (Wildman–Crippen LogP) is 4.37. The minimum absolute atomic E-state index is 0.0280. The monoisotopic (exact) mass is 461 g/mol. The molecule has 176 valence electrons. The lowest BCUT2D eigenvalue weighted by Gasteiger charge is -2.36. The summed E-state index contributed by atoms with van der Waals surface area (Å²) in [6, 6.07) is 15.0. The summed E-state index contributed by atoms with van der Waals surface area (Å²) in [7, 11) is 2.80. The van der Waals surface area contributed by atoms with Crippen molar-refractivity contribution in [2.75, 3.05) is 14.2 Å². The number of esters is 2. The van der Waals surface area contributed by atoms with Gasteiger partial charge in [0.1, 0.15) is 5.92 Å². The molecule has 0 aromatic heterocycles. The van der Waals surface area contributed by atoms with Crippen LogP contribution < -0.4 is 9.47 Å². The van der Waals surface area contributed by atoms with Crippen LogP contribution >= 0.6 is 0 Å². The Morgan fingerprint density at radius 3 is 2.35 bits per heavy atom. The number of Topliss-reactive ketones (excluding diaryl/α,β-unsaturated/α-hetero) is 1. The summed E-state index contributed by atoms with van der Waals surface area (Å²) >= 11 is 0. The van der Waals surface area contributed by atoms with Gasteiger partial charge in [0.15, 0.2) is 17.3 Å². The molecule has 0 radical (unpaired) electrons. The van der Waals surface area contributed by atoms with Gasteiger partial charge in [-0.1, -0.05) is 36.4 Å². The van der Waals surface area contributed by atoms with E-state index in [1.54, 1.807) is 25.1 Å². The third-order valence-electron chi connectivity index (χ3n) is 6.42. The Bertz CT molecular complexity index is 1200. The maximum absolute atomic E-state index is 13.5. The zero-order valence-corrected chi connectivity index (χ0v) is 19.7. The van der Waals surface area contributed by atoms with Crippen molar-refractivity contribution in [2.24, 2.45) is 10.9 Å². The van der Waals surface area contributed by atoms with Crippen molar-refractivity contribution < 1.29 is 28.6 Å². The maximum Gasteiger partial charge on any atom is 0.315 e. The molecule has 0 saturated heterocycles. The van der Waals surface area contributed by atoms with Crippen LogP contribution in [-0.4, -0.2) is 37.7 Å². The lowest BCUT2D eigenvalue weighted by atomic mass is 9.69. The summed E-state index contributed by atoms with van der Waals surface area (Å²) in [5.41, 5.74) is 3.62. The number of ether oxygens (including phenoxy) is 3. The number of carbonyl (C=O) groups excluding carboxylic acids is 3. The molecule has 1 heterocycles. The lowest BCUT2D eigenvalue weighted by molar-refractivity contribution is -0.143. The molecule has 1 aliphatic carbocycles. The topological polar surface area (TPSA) is 91.3 Å². The molecule has 0 bridgehead atoms. The fraction of sp³-hybridized carbons (Fsp3) is 0.333. The molecule has 0 fully saturated rings. The fourth-order valence-electron chi connectivity index (χ4n) is 4.93. The molecule has 4 rings (SSSR count). The van der Waals surface area contributed by atoms with Crippen molar-refractivity contribution in [3.05, 3.63) is 70.9 Å². The Hall–Kier alpha value is -3.74. The number of methoxy groups -OCH3 is 2. The smallest absolute Gasteiger partial charge is 0.315 e. The molecular formula is C27H27NO6. The molecule has 0 amide bonds. The molecule has 0 spiro atoms. The average molecular weight is 462 g/mol. The average Bonchev–Trinajstić information content (AvgIpc) is 2.83. The summed E-state index contributed by atoms with van der Waals surface area (Å²) in [6.07, 6.45) is 0.944. The highest BCUT2D eigenvalue weighted by atomic mass is 16.6. The molecule has 2 aliphatic rings. The number of nitrogens with zero attached hydrogens (tertiary/aromatic N) is 1. The molecule has 3 atom stereocenters. The molecule has 34 heavy (non-hydrogen) atoms. The van der Waals surface area contributed by atoms with Crippen LogP contribution in [0.15, 0.2) is 64.8 Å². The number of carbonyl (C=O) groups is 3. The molecule has 7 heteroatoms. The predicted molar refractivity (Wildman–Crippen MR) is 126 cm³/mol. The van der Waals surface area contributed by atoms with Gasteiger partial charge < -0.3 is 14.2 Å². The molecule has 7 nitrogen and oxygen atoms in total. The van der Waals surface area contributed by atoms with Crippen LogP contribution in [0.5, 0.6) is 11.5 Å². The molecule has 0 N–H and O–H groups in total. The second-order valence-electron chi connectivity index (χ2n) is 8.54. The van der Waals surface area contributed by atoms with Gasteiger partial charge in [-0.15, -0.1) is 0 Å². The van der Waals surface area contributed by atoms with E-state index in [0.29, 0.717) is 41.1 Å². The van der Waals surface area contributed by atoms with Gasteiger partial charge in [0.25, 0.3) is 0 Å². The third-order valence-corrected chi connectivity index (χ3v) is 6.42. The van der Waals surface area contributed by atoms with Crippen LogP contribution in [0, 0.1) is 5.92 Å². The summed E-state index contributed by atoms with van der Waals surface area (Å²) < 4.78 is 15.8. The summed E-state index contributed by atoms with van der Waals surface area (Å²) in [4.78, 5) is 42.6. The maximum atomic E-state index is 13.5. The highest BCUT2D eigenvalue weighted by Crippen LogP contribution is 2.47. The summed E-state index contributed by atoms with van der Waals surface area (Å²) in [5.74, 6) is -1.66. The van der Waals surface area contributed by atoms with Crippen molar-refractivity contribution in [2.45, 2.75) is 38.5 Å². The Balaban J connectivity index is 1.82. The van der Waals surface area contributed by atoms with E-state index in [4.69, 9.17) is 19.2 Å². The highest BCUT2D eigenvalue weighted by Gasteiger charge is 2.44. The first-order valence-corrected chi connectivity index (χ1v) is 11.1. The van der Waals surface area contributed by atoms with Crippen molar-refractivity contribution >= 4 is 23.4 Å². The van der Waals surface area contributed by atoms with Gasteiger partial charge in [0.05, 0.1) is 14.2 Å². The van der Waals surface area contributed by atoms with E-state index < -0.39 is 23.8 Å². The van der Waals surface area contributed by atoms with Crippen LogP contribution in [0.25, 0.3) is 0 Å². The van der Waals surface area contributed by atoms with E-state index in [9.17, 15) is 14.4 Å². The number of benzene rings is 2. The molecule has 1 unspecified atom stereocenters. The van der Waals surface area contributed by atoms with Gasteiger partial charge in [-0.3, -0.25) is 19.4 Å². The van der Waals surface area contributed by atoms with Crippen LogP contribution in [-0.2, 0) is 19.1 Å². The second-order valence-corrected chi connectivity index (χ2v) is 8.54. The van der Waals surface area contributed by atoms with E-state index in [0.717, 1.165) is 5.56 Å². The van der Waals surface area contributed by atoms with E-state index in [1.165, 1.54) is 21.1 Å². The van der Waals surface area contributed by atoms with E-state index >= 15 is 0 Å². The number of ketones is 1. The fourth-order valence-corrected chi connectivity index (χ4v) is 4.93. The quantitative estimate of drug-likeness (QED) is 0.485. The first kappa shape index (κ1) is 23.4. The third kappa shape index (κ3) is 4.38. The minimum Gasteiger partial charge on any atom is -0.493 e. The molecule has 1 aliphatic heterocycles. The van der Waals surface area contributed by atoms with Gasteiger partial charge in [0, 0.05) is 36.2 Å². The van der Waals surface area contributed by atoms with Crippen molar-refractivity contribution in [3.63, 3.8) is 0 Å². The van der Waals surface area contributed by atoms with Gasteiger partial charge in [-0.2, -0.15) is 0 Å². The van der Waals surface area contributed by atoms with Crippen molar-refractivity contribution in [1.82, 2.24) is 0 Å². The highest BCUT2D eigenvalue weighted by molar-refractivity contribution is 6.09.